The van der Waals surface area contributed by atoms with E-state index in [1.165, 1.54) is 11.1 Å². The molecule has 0 aliphatic heterocycles. The summed E-state index contributed by atoms with van der Waals surface area (Å²) >= 11 is 4.30. The van der Waals surface area contributed by atoms with E-state index in [1.54, 1.807) is 0 Å². The van der Waals surface area contributed by atoms with Gasteiger partial charge in [0.15, 0.2) is 0 Å². The van der Waals surface area contributed by atoms with E-state index in [0.717, 1.165) is 30.1 Å². The summed E-state index contributed by atoms with van der Waals surface area (Å²) in [5, 5.41) is 0. The normalized spacial score (nSPS) is 11.6. The summed E-state index contributed by atoms with van der Waals surface area (Å²) in [5.74, 6) is 2.55. The molecule has 1 aromatic heterocycles. The Labute approximate surface area is 108 Å². The van der Waals surface area contributed by atoms with Crippen LogP contribution in [0.2, 0.25) is 0 Å². The molecule has 0 radical (unpaired) electrons. The molecule has 0 saturated heterocycles. The molecule has 17 heavy (non-hydrogen) atoms. The number of rotatable bonds is 4. The second-order valence-corrected chi connectivity index (χ2v) is 5.10. The molecule has 0 N–H and O–H groups in total. The van der Waals surface area contributed by atoms with Gasteiger partial charge >= 0.3 is 0 Å². The average molecular weight is 248 g/mol. The molecule has 92 valence electrons. The van der Waals surface area contributed by atoms with Crippen LogP contribution in [-0.4, -0.2) is 15.3 Å². The van der Waals surface area contributed by atoms with E-state index < -0.39 is 0 Å². The van der Waals surface area contributed by atoms with Crippen LogP contribution in [-0.2, 0) is 13.0 Å². The molecule has 0 spiro atoms. The molecular formula is C14H20N2S. The van der Waals surface area contributed by atoms with Crippen LogP contribution in [0.3, 0.4) is 0 Å². The lowest BCUT2D eigenvalue weighted by Crippen LogP contribution is -2.02. The first-order valence-corrected chi connectivity index (χ1v) is 6.90. The molecule has 0 amide bonds. The van der Waals surface area contributed by atoms with Gasteiger partial charge in [-0.05, 0) is 36.3 Å². The fourth-order valence-electron chi connectivity index (χ4n) is 2.20. The minimum absolute atomic E-state index is 0.555. The van der Waals surface area contributed by atoms with Crippen LogP contribution in [0.15, 0.2) is 18.2 Å². The lowest BCUT2D eigenvalue weighted by Gasteiger charge is -2.06. The zero-order chi connectivity index (χ0) is 12.4. The van der Waals surface area contributed by atoms with Crippen molar-refractivity contribution in [1.29, 1.82) is 0 Å². The fraction of sp³-hybridized carbons (Fsp3) is 0.500. The van der Waals surface area contributed by atoms with Crippen LogP contribution >= 0.6 is 12.6 Å². The molecule has 0 saturated carbocycles. The maximum absolute atomic E-state index is 4.73. The van der Waals surface area contributed by atoms with Gasteiger partial charge in [-0.2, -0.15) is 12.6 Å². The number of nitrogens with zero attached hydrogens (tertiary/aromatic N) is 2. The molecule has 0 aliphatic rings. The van der Waals surface area contributed by atoms with Crippen molar-refractivity contribution < 1.29 is 0 Å². The van der Waals surface area contributed by atoms with E-state index in [4.69, 9.17) is 4.98 Å². The predicted molar refractivity (Wildman–Crippen MR) is 77.1 cm³/mol. The summed E-state index contributed by atoms with van der Waals surface area (Å²) in [4.78, 5) is 4.73. The first-order valence-electron chi connectivity index (χ1n) is 6.27. The van der Waals surface area contributed by atoms with E-state index in [9.17, 15) is 0 Å². The van der Waals surface area contributed by atoms with Gasteiger partial charge in [0.25, 0.3) is 0 Å². The molecule has 3 heteroatoms. The summed E-state index contributed by atoms with van der Waals surface area (Å²) < 4.78 is 2.29. The van der Waals surface area contributed by atoms with Crippen molar-refractivity contribution >= 4 is 23.7 Å². The van der Waals surface area contributed by atoms with E-state index in [0.29, 0.717) is 5.92 Å². The SMILES string of the molecule is CCn1c(CCS)nc2cc(C(C)C)ccc21. The summed E-state index contributed by atoms with van der Waals surface area (Å²) in [6.45, 7) is 7.57. The van der Waals surface area contributed by atoms with Crippen LogP contribution in [0.1, 0.15) is 38.1 Å². The van der Waals surface area contributed by atoms with Crippen molar-refractivity contribution in [1.82, 2.24) is 9.55 Å². The fourth-order valence-corrected chi connectivity index (χ4v) is 2.40. The molecule has 0 unspecified atom stereocenters. The average Bonchev–Trinajstić information content (AvgIpc) is 2.65. The molecule has 1 aromatic carbocycles. The number of fused-ring (bicyclic) bond motifs is 1. The maximum atomic E-state index is 4.73. The monoisotopic (exact) mass is 248 g/mol. The summed E-state index contributed by atoms with van der Waals surface area (Å²) in [6.07, 6.45) is 0.933. The predicted octanol–water partition coefficient (Wildman–Crippen LogP) is 3.65. The molecule has 2 nitrogen and oxygen atoms in total. The topological polar surface area (TPSA) is 17.8 Å². The summed E-state index contributed by atoms with van der Waals surface area (Å²) in [7, 11) is 0. The van der Waals surface area contributed by atoms with Gasteiger partial charge in [-0.15, -0.1) is 0 Å². The zero-order valence-electron chi connectivity index (χ0n) is 10.8. The third kappa shape index (κ3) is 2.34. The Morgan fingerprint density at radius 2 is 2.12 bits per heavy atom. The third-order valence-corrected chi connectivity index (χ3v) is 3.39. The highest BCUT2D eigenvalue weighted by Crippen LogP contribution is 2.22. The molecule has 0 bridgehead atoms. The Hall–Kier alpha value is -0.960. The maximum Gasteiger partial charge on any atom is 0.110 e. The van der Waals surface area contributed by atoms with Gasteiger partial charge in [0.05, 0.1) is 11.0 Å². The molecular weight excluding hydrogens is 228 g/mol. The number of hydrogen-bond acceptors (Lipinski definition) is 2. The quantitative estimate of drug-likeness (QED) is 0.818. The minimum atomic E-state index is 0.555. The lowest BCUT2D eigenvalue weighted by atomic mass is 10.0. The van der Waals surface area contributed by atoms with E-state index >= 15 is 0 Å². The van der Waals surface area contributed by atoms with Gasteiger partial charge in [-0.25, -0.2) is 4.98 Å². The smallest absolute Gasteiger partial charge is 0.110 e. The van der Waals surface area contributed by atoms with Crippen LogP contribution in [0.25, 0.3) is 11.0 Å². The van der Waals surface area contributed by atoms with Crippen LogP contribution < -0.4 is 0 Å². The van der Waals surface area contributed by atoms with Crippen molar-refractivity contribution in [3.8, 4) is 0 Å². The van der Waals surface area contributed by atoms with E-state index in [1.807, 2.05) is 0 Å². The molecule has 2 aromatic rings. The number of aryl methyl sites for hydroxylation is 2. The van der Waals surface area contributed by atoms with Gasteiger partial charge in [-0.1, -0.05) is 19.9 Å². The van der Waals surface area contributed by atoms with Crippen LogP contribution in [0.5, 0.6) is 0 Å². The molecule has 0 fully saturated rings. The Morgan fingerprint density at radius 1 is 1.35 bits per heavy atom. The molecule has 0 atom stereocenters. The van der Waals surface area contributed by atoms with Gasteiger partial charge in [-0.3, -0.25) is 0 Å². The Balaban J connectivity index is 2.56. The van der Waals surface area contributed by atoms with Crippen molar-refractivity contribution in [3.05, 3.63) is 29.6 Å². The van der Waals surface area contributed by atoms with Gasteiger partial charge in [0.1, 0.15) is 5.82 Å². The van der Waals surface area contributed by atoms with Gasteiger partial charge in [0.2, 0.25) is 0 Å². The molecule has 2 rings (SSSR count). The number of benzene rings is 1. The minimum Gasteiger partial charge on any atom is -0.328 e. The number of imidazole rings is 1. The molecule has 0 aliphatic carbocycles. The zero-order valence-corrected chi connectivity index (χ0v) is 11.7. The highest BCUT2D eigenvalue weighted by molar-refractivity contribution is 7.80. The molecule has 1 heterocycles. The standard InChI is InChI=1S/C14H20N2S/c1-4-16-13-6-5-11(10(2)3)9-12(13)15-14(16)7-8-17/h5-6,9-10,17H,4,7-8H2,1-3H3. The third-order valence-electron chi connectivity index (χ3n) is 3.17. The summed E-state index contributed by atoms with van der Waals surface area (Å²) in [5.41, 5.74) is 3.72. The van der Waals surface area contributed by atoms with Crippen molar-refractivity contribution in [3.63, 3.8) is 0 Å². The van der Waals surface area contributed by atoms with Crippen molar-refractivity contribution in [2.45, 2.75) is 39.7 Å². The van der Waals surface area contributed by atoms with Gasteiger partial charge < -0.3 is 4.57 Å². The first-order chi connectivity index (χ1) is 8.17. The first kappa shape index (κ1) is 12.5. The second kappa shape index (κ2) is 5.13. The van der Waals surface area contributed by atoms with Crippen LogP contribution in [0.4, 0.5) is 0 Å². The second-order valence-electron chi connectivity index (χ2n) is 4.65. The summed E-state index contributed by atoms with van der Waals surface area (Å²) in [6, 6.07) is 6.63. The van der Waals surface area contributed by atoms with Crippen molar-refractivity contribution in [2.24, 2.45) is 0 Å². The Morgan fingerprint density at radius 3 is 2.71 bits per heavy atom. The lowest BCUT2D eigenvalue weighted by molar-refractivity contribution is 0.728. The number of aromatic nitrogens is 2. The Kier molecular flexibility index (Phi) is 3.77. The van der Waals surface area contributed by atoms with E-state index in [2.05, 4.69) is 56.2 Å². The van der Waals surface area contributed by atoms with Crippen LogP contribution in [0, 0.1) is 0 Å². The number of thiol groups is 1. The Bertz CT molecular complexity index is 514. The largest absolute Gasteiger partial charge is 0.328 e. The van der Waals surface area contributed by atoms with Gasteiger partial charge in [0, 0.05) is 13.0 Å². The number of hydrogen-bond donors (Lipinski definition) is 1. The van der Waals surface area contributed by atoms with E-state index in [-0.39, 0.29) is 0 Å². The highest BCUT2D eigenvalue weighted by Gasteiger charge is 2.10. The van der Waals surface area contributed by atoms with Crippen molar-refractivity contribution in [2.75, 3.05) is 5.75 Å². The highest BCUT2D eigenvalue weighted by atomic mass is 32.1.